The molecule has 0 aliphatic heterocycles. The Balaban J connectivity index is 1.99. The van der Waals surface area contributed by atoms with Crippen molar-refractivity contribution in [2.45, 2.75) is 39.5 Å². The summed E-state index contributed by atoms with van der Waals surface area (Å²) in [6.45, 7) is 2.77. The Labute approximate surface area is 212 Å². The lowest BCUT2D eigenvalue weighted by Crippen LogP contribution is -2.24. The number of hydrogen-bond acceptors (Lipinski definition) is 8. The second-order valence-electron chi connectivity index (χ2n) is 8.48. The number of azide groups is 1. The van der Waals surface area contributed by atoms with Gasteiger partial charge in [-0.3, -0.25) is 14.4 Å². The number of Topliss-reactive ketones (excluding diaryl/α,β-unsaturated/α-hetero) is 2. The van der Waals surface area contributed by atoms with Crippen LogP contribution in [0.5, 0.6) is 11.5 Å². The minimum absolute atomic E-state index is 0.0172. The molecule has 1 N–H and O–H groups in total. The van der Waals surface area contributed by atoms with E-state index in [2.05, 4.69) is 15.3 Å². The molecule has 1 aliphatic rings. The Morgan fingerprint density at radius 3 is 2.14 bits per heavy atom. The minimum Gasteiger partial charge on any atom is -0.493 e. The third-order valence-electron chi connectivity index (χ3n) is 5.49. The number of ketones is 4. The number of amides is 1. The quantitative estimate of drug-likeness (QED) is 0.157. The van der Waals surface area contributed by atoms with Crippen LogP contribution in [0.25, 0.3) is 10.4 Å². The van der Waals surface area contributed by atoms with Crippen LogP contribution in [0.4, 0.5) is 5.69 Å². The molecule has 0 bridgehead atoms. The maximum Gasteiger partial charge on any atom is 0.230 e. The molecular formula is C26H26N4O7. The van der Waals surface area contributed by atoms with Crippen LogP contribution in [-0.2, 0) is 14.4 Å². The summed E-state index contributed by atoms with van der Waals surface area (Å²) in [5.74, 6) is -1.27. The van der Waals surface area contributed by atoms with Crippen molar-refractivity contribution in [1.29, 1.82) is 0 Å². The first-order chi connectivity index (χ1) is 17.7. The predicted octanol–water partition coefficient (Wildman–Crippen LogP) is 4.21. The van der Waals surface area contributed by atoms with E-state index < -0.39 is 24.0 Å². The highest BCUT2D eigenvalue weighted by molar-refractivity contribution is 6.30. The van der Waals surface area contributed by atoms with Gasteiger partial charge in [0.1, 0.15) is 29.6 Å². The van der Waals surface area contributed by atoms with Gasteiger partial charge in [0.05, 0.1) is 24.3 Å². The van der Waals surface area contributed by atoms with Crippen molar-refractivity contribution in [3.8, 4) is 11.5 Å². The highest BCUT2D eigenvalue weighted by Gasteiger charge is 2.35. The molecule has 0 atom stereocenters. The second kappa shape index (κ2) is 12.5. The molecule has 0 unspecified atom stereocenters. The lowest BCUT2D eigenvalue weighted by Gasteiger charge is -2.23. The lowest BCUT2D eigenvalue weighted by atomic mass is 9.82. The summed E-state index contributed by atoms with van der Waals surface area (Å²) in [5, 5.41) is 5.75. The van der Waals surface area contributed by atoms with Gasteiger partial charge in [-0.1, -0.05) is 17.2 Å². The molecule has 1 amide bonds. The average Bonchev–Trinajstić information content (AvgIpc) is 2.85. The Morgan fingerprint density at radius 1 is 0.892 bits per heavy atom. The first-order valence-corrected chi connectivity index (χ1v) is 11.7. The Hall–Kier alpha value is -4.50. The Bertz CT molecular complexity index is 1310. The molecule has 0 spiro atoms. The van der Waals surface area contributed by atoms with E-state index in [1.54, 1.807) is 12.1 Å². The SMILES string of the molecule is CC(=O)CCCOc1cccc2c1C(=O)c1c(OCCCC(C)=O)cc(NC(=O)CN=[N+]=[N-])cc1C2=O. The molecule has 0 saturated heterocycles. The highest BCUT2D eigenvalue weighted by Crippen LogP contribution is 2.39. The number of ether oxygens (including phenoxy) is 2. The predicted molar refractivity (Wildman–Crippen MR) is 133 cm³/mol. The summed E-state index contributed by atoms with van der Waals surface area (Å²) in [5.41, 5.74) is 8.91. The molecule has 3 rings (SSSR count). The highest BCUT2D eigenvalue weighted by atomic mass is 16.5. The molecule has 0 saturated carbocycles. The number of rotatable bonds is 13. The van der Waals surface area contributed by atoms with Gasteiger partial charge in [0.25, 0.3) is 0 Å². The fourth-order valence-electron chi connectivity index (χ4n) is 3.86. The van der Waals surface area contributed by atoms with Crippen molar-refractivity contribution in [2.24, 2.45) is 5.11 Å². The van der Waals surface area contributed by atoms with Crippen LogP contribution in [0.2, 0.25) is 0 Å². The van der Waals surface area contributed by atoms with E-state index in [1.165, 1.54) is 32.0 Å². The molecule has 0 heterocycles. The van der Waals surface area contributed by atoms with Crippen molar-refractivity contribution in [1.82, 2.24) is 0 Å². The first kappa shape index (κ1) is 27.1. The monoisotopic (exact) mass is 506 g/mol. The number of carbonyl (C=O) groups excluding carboxylic acids is 5. The van der Waals surface area contributed by atoms with Crippen LogP contribution in [0.3, 0.4) is 0 Å². The van der Waals surface area contributed by atoms with E-state index in [0.29, 0.717) is 19.3 Å². The number of benzene rings is 2. The normalized spacial score (nSPS) is 11.6. The van der Waals surface area contributed by atoms with Crippen molar-refractivity contribution in [2.75, 3.05) is 25.1 Å². The molecule has 2 aromatic carbocycles. The number of nitrogens with one attached hydrogen (secondary N) is 1. The van der Waals surface area contributed by atoms with Crippen molar-refractivity contribution in [3.05, 3.63) is 63.0 Å². The van der Waals surface area contributed by atoms with Gasteiger partial charge in [0.15, 0.2) is 5.78 Å². The smallest absolute Gasteiger partial charge is 0.230 e. The van der Waals surface area contributed by atoms with E-state index >= 15 is 0 Å². The van der Waals surface area contributed by atoms with E-state index in [1.807, 2.05) is 0 Å². The summed E-state index contributed by atoms with van der Waals surface area (Å²) in [7, 11) is 0. The first-order valence-electron chi connectivity index (χ1n) is 11.7. The van der Waals surface area contributed by atoms with Crippen LogP contribution in [0.1, 0.15) is 71.4 Å². The second-order valence-corrected chi connectivity index (χ2v) is 8.48. The number of hydrogen-bond donors (Lipinski definition) is 1. The minimum atomic E-state index is -0.614. The zero-order chi connectivity index (χ0) is 26.9. The molecule has 192 valence electrons. The summed E-state index contributed by atoms with van der Waals surface area (Å²) < 4.78 is 11.6. The summed E-state index contributed by atoms with van der Waals surface area (Å²) in [6, 6.07) is 7.48. The van der Waals surface area contributed by atoms with Gasteiger partial charge in [-0.25, -0.2) is 0 Å². The largest absolute Gasteiger partial charge is 0.493 e. The molecule has 2 aromatic rings. The fraction of sp³-hybridized carbons (Fsp3) is 0.346. The van der Waals surface area contributed by atoms with E-state index in [-0.39, 0.29) is 70.6 Å². The molecule has 11 nitrogen and oxygen atoms in total. The van der Waals surface area contributed by atoms with Crippen LogP contribution >= 0.6 is 0 Å². The third-order valence-corrected chi connectivity index (χ3v) is 5.49. The molecular weight excluding hydrogens is 480 g/mol. The molecule has 11 heteroatoms. The van der Waals surface area contributed by atoms with Crippen LogP contribution in [-0.4, -0.2) is 48.8 Å². The number of nitrogens with zero attached hydrogens (tertiary/aromatic N) is 3. The number of fused-ring (bicyclic) bond motifs is 2. The van der Waals surface area contributed by atoms with Gasteiger partial charge in [0, 0.05) is 40.6 Å². The van der Waals surface area contributed by atoms with Crippen molar-refractivity contribution in [3.63, 3.8) is 0 Å². The maximum atomic E-state index is 13.7. The average molecular weight is 507 g/mol. The van der Waals surface area contributed by atoms with Gasteiger partial charge in [-0.2, -0.15) is 0 Å². The maximum absolute atomic E-state index is 13.7. The summed E-state index contributed by atoms with van der Waals surface area (Å²) >= 11 is 0. The summed E-state index contributed by atoms with van der Waals surface area (Å²) in [4.78, 5) is 64.3. The molecule has 0 aromatic heterocycles. The molecule has 37 heavy (non-hydrogen) atoms. The van der Waals surface area contributed by atoms with E-state index in [0.717, 1.165) is 0 Å². The Kier molecular flexibility index (Phi) is 9.12. The van der Waals surface area contributed by atoms with Crippen LogP contribution in [0, 0.1) is 0 Å². The summed E-state index contributed by atoms with van der Waals surface area (Å²) in [6.07, 6.45) is 1.46. The van der Waals surface area contributed by atoms with Gasteiger partial charge in [-0.15, -0.1) is 0 Å². The van der Waals surface area contributed by atoms with Gasteiger partial charge in [-0.05, 0) is 44.4 Å². The van der Waals surface area contributed by atoms with E-state index in [9.17, 15) is 24.0 Å². The topological polar surface area (TPSA) is 165 Å². The zero-order valence-corrected chi connectivity index (χ0v) is 20.5. The van der Waals surface area contributed by atoms with Crippen molar-refractivity contribution < 1.29 is 33.4 Å². The standard InChI is InChI=1S/C26H26N4O7/c1-15(31)6-4-10-36-20-9-3-8-18-23(20)26(35)24-19(25(18)34)12-17(29-22(33)14-28-30-27)13-21(24)37-11-5-7-16(2)32/h3,8-9,12-13H,4-7,10-11,14H2,1-2H3,(H,29,33). The number of carbonyl (C=O) groups is 5. The van der Waals surface area contributed by atoms with Gasteiger partial charge >= 0.3 is 0 Å². The van der Waals surface area contributed by atoms with Crippen LogP contribution < -0.4 is 14.8 Å². The van der Waals surface area contributed by atoms with Gasteiger partial charge in [0.2, 0.25) is 11.7 Å². The lowest BCUT2D eigenvalue weighted by molar-refractivity contribution is -0.118. The Morgan fingerprint density at radius 2 is 1.51 bits per heavy atom. The molecule has 1 aliphatic carbocycles. The van der Waals surface area contributed by atoms with Crippen molar-refractivity contribution >= 4 is 34.7 Å². The molecule has 0 radical (unpaired) electrons. The third kappa shape index (κ3) is 6.80. The van der Waals surface area contributed by atoms with Gasteiger partial charge < -0.3 is 24.4 Å². The van der Waals surface area contributed by atoms with Crippen LogP contribution in [0.15, 0.2) is 35.4 Å². The van der Waals surface area contributed by atoms with E-state index in [4.69, 9.17) is 15.0 Å². The fourth-order valence-corrected chi connectivity index (χ4v) is 3.86. The zero-order valence-electron chi connectivity index (χ0n) is 20.5. The number of anilines is 1. The molecule has 0 fully saturated rings.